The van der Waals surface area contributed by atoms with Crippen molar-refractivity contribution in [2.24, 2.45) is 0 Å². The van der Waals surface area contributed by atoms with Gasteiger partial charge in [0.05, 0.1) is 12.9 Å². The van der Waals surface area contributed by atoms with Gasteiger partial charge in [0.25, 0.3) is 5.56 Å². The average Bonchev–Trinajstić information content (AvgIpc) is 3.03. The number of nitrogens with two attached hydrogens (primary N) is 1. The Labute approximate surface area is 126 Å². The maximum atomic E-state index is 12.1. The number of carbonyl (C=O) groups excluding carboxylic acids is 1. The fraction of sp³-hybridized carbons (Fsp3) is 0.357. The Morgan fingerprint density at radius 2 is 2.36 bits per heavy atom. The highest BCUT2D eigenvalue weighted by atomic mass is 16.5. The van der Waals surface area contributed by atoms with Crippen molar-refractivity contribution in [2.45, 2.75) is 13.0 Å². The van der Waals surface area contributed by atoms with Crippen LogP contribution >= 0.6 is 0 Å². The molecule has 2 heterocycles. The van der Waals surface area contributed by atoms with Crippen molar-refractivity contribution >= 4 is 11.6 Å². The lowest BCUT2D eigenvalue weighted by Gasteiger charge is -2.15. The first-order chi connectivity index (χ1) is 10.5. The molecular formula is C14H18N4O4. The lowest BCUT2D eigenvalue weighted by atomic mass is 10.2. The third kappa shape index (κ3) is 3.34. The number of nitrogens with one attached hydrogen (secondary N) is 1. The zero-order valence-corrected chi connectivity index (χ0v) is 12.4. The summed E-state index contributed by atoms with van der Waals surface area (Å²) in [6, 6.07) is 4.01. The van der Waals surface area contributed by atoms with Gasteiger partial charge in [-0.05, 0) is 25.1 Å². The van der Waals surface area contributed by atoms with Crippen LogP contribution in [-0.4, -0.2) is 35.9 Å². The van der Waals surface area contributed by atoms with E-state index >= 15 is 0 Å². The number of furan rings is 1. The second kappa shape index (κ2) is 6.90. The molecule has 2 aromatic rings. The van der Waals surface area contributed by atoms with E-state index < -0.39 is 11.6 Å². The predicted octanol–water partition coefficient (Wildman–Crippen LogP) is 0.409. The summed E-state index contributed by atoms with van der Waals surface area (Å²) >= 11 is 0. The molecule has 1 atom stereocenters. The van der Waals surface area contributed by atoms with Crippen LogP contribution in [-0.2, 0) is 9.53 Å². The third-order valence-corrected chi connectivity index (χ3v) is 3.09. The Kier molecular flexibility index (Phi) is 4.95. The van der Waals surface area contributed by atoms with E-state index in [0.29, 0.717) is 24.6 Å². The Bertz CT molecular complexity index is 693. The van der Waals surface area contributed by atoms with Gasteiger partial charge in [0.15, 0.2) is 5.76 Å². The molecule has 0 saturated carbocycles. The van der Waals surface area contributed by atoms with E-state index in [0.717, 1.165) is 4.68 Å². The number of methoxy groups -OCH3 is 1. The predicted molar refractivity (Wildman–Crippen MR) is 80.2 cm³/mol. The summed E-state index contributed by atoms with van der Waals surface area (Å²) in [5, 5.41) is 6.82. The number of hydrogen-bond donors (Lipinski definition) is 2. The molecule has 0 radical (unpaired) electrons. The van der Waals surface area contributed by atoms with Crippen molar-refractivity contribution in [2.75, 3.05) is 26.0 Å². The van der Waals surface area contributed by atoms with Crippen LogP contribution in [0.15, 0.2) is 33.7 Å². The van der Waals surface area contributed by atoms with Crippen LogP contribution in [0.3, 0.4) is 0 Å². The molecule has 3 N–H and O–H groups in total. The molecule has 0 aliphatic rings. The molecule has 0 spiro atoms. The van der Waals surface area contributed by atoms with Crippen LogP contribution in [0.2, 0.25) is 0 Å². The number of nitrogens with zero attached hydrogens (tertiary/aromatic N) is 2. The zero-order chi connectivity index (χ0) is 16.1. The van der Waals surface area contributed by atoms with Crippen LogP contribution in [0.4, 0.5) is 5.69 Å². The number of ether oxygens (including phenoxy) is 1. The second-order valence-corrected chi connectivity index (χ2v) is 4.67. The second-order valence-electron chi connectivity index (χ2n) is 4.67. The Morgan fingerprint density at radius 3 is 3.00 bits per heavy atom. The molecule has 8 nitrogen and oxygen atoms in total. The van der Waals surface area contributed by atoms with Gasteiger partial charge >= 0.3 is 0 Å². The standard InChI is InChI=1S/C14H18N4O4/c1-9(13(19)16-5-7-21-2)18-14(20)10(15)8-11(17-18)12-4-3-6-22-12/h3-4,6,8-9H,5,7,15H2,1-2H3,(H,16,19). The topological polar surface area (TPSA) is 112 Å². The van der Waals surface area contributed by atoms with Gasteiger partial charge in [-0.1, -0.05) is 0 Å². The molecular weight excluding hydrogens is 288 g/mol. The Balaban J connectivity index is 2.29. The zero-order valence-electron chi connectivity index (χ0n) is 12.4. The quantitative estimate of drug-likeness (QED) is 0.747. The van der Waals surface area contributed by atoms with E-state index in [2.05, 4.69) is 10.4 Å². The van der Waals surface area contributed by atoms with Gasteiger partial charge in [-0.25, -0.2) is 4.68 Å². The minimum absolute atomic E-state index is 0.00191. The highest BCUT2D eigenvalue weighted by Crippen LogP contribution is 2.18. The number of aromatic nitrogens is 2. The first-order valence-corrected chi connectivity index (χ1v) is 6.74. The third-order valence-electron chi connectivity index (χ3n) is 3.09. The summed E-state index contributed by atoms with van der Waals surface area (Å²) in [6.45, 7) is 2.30. The fourth-order valence-corrected chi connectivity index (χ4v) is 1.87. The van der Waals surface area contributed by atoms with Crippen LogP contribution in [0.25, 0.3) is 11.5 Å². The number of hydrogen-bond acceptors (Lipinski definition) is 6. The van der Waals surface area contributed by atoms with E-state index in [4.69, 9.17) is 14.9 Å². The molecule has 2 aromatic heterocycles. The van der Waals surface area contributed by atoms with Crippen molar-refractivity contribution in [3.63, 3.8) is 0 Å². The summed E-state index contributed by atoms with van der Waals surface area (Å²) in [5.41, 5.74) is 5.58. The maximum absolute atomic E-state index is 12.1. The minimum atomic E-state index is -0.804. The Morgan fingerprint density at radius 1 is 1.59 bits per heavy atom. The monoisotopic (exact) mass is 306 g/mol. The van der Waals surface area contributed by atoms with Gasteiger partial charge in [-0.15, -0.1) is 0 Å². The van der Waals surface area contributed by atoms with Crippen LogP contribution in [0, 0.1) is 0 Å². The van der Waals surface area contributed by atoms with Gasteiger partial charge in [-0.3, -0.25) is 9.59 Å². The lowest BCUT2D eigenvalue weighted by molar-refractivity contribution is -0.124. The molecule has 118 valence electrons. The van der Waals surface area contributed by atoms with Gasteiger partial charge in [-0.2, -0.15) is 5.10 Å². The molecule has 0 aliphatic carbocycles. The van der Waals surface area contributed by atoms with Crippen molar-refractivity contribution in [3.05, 3.63) is 34.8 Å². The molecule has 0 aromatic carbocycles. The van der Waals surface area contributed by atoms with E-state index in [1.165, 1.54) is 19.4 Å². The number of rotatable bonds is 6. The van der Waals surface area contributed by atoms with Crippen molar-refractivity contribution in [3.8, 4) is 11.5 Å². The normalized spacial score (nSPS) is 12.1. The summed E-state index contributed by atoms with van der Waals surface area (Å²) in [4.78, 5) is 24.2. The summed E-state index contributed by atoms with van der Waals surface area (Å²) in [6.07, 6.45) is 1.49. The molecule has 8 heteroatoms. The minimum Gasteiger partial charge on any atom is -0.463 e. The number of anilines is 1. The van der Waals surface area contributed by atoms with Crippen LogP contribution in [0.1, 0.15) is 13.0 Å². The average molecular weight is 306 g/mol. The lowest BCUT2D eigenvalue weighted by Crippen LogP contribution is -2.39. The van der Waals surface area contributed by atoms with Gasteiger partial charge in [0.1, 0.15) is 17.4 Å². The van der Waals surface area contributed by atoms with E-state index in [9.17, 15) is 9.59 Å². The molecule has 0 bridgehead atoms. The van der Waals surface area contributed by atoms with Crippen molar-refractivity contribution < 1.29 is 13.9 Å². The molecule has 22 heavy (non-hydrogen) atoms. The van der Waals surface area contributed by atoms with Crippen molar-refractivity contribution in [1.82, 2.24) is 15.1 Å². The summed E-state index contributed by atoms with van der Waals surface area (Å²) < 4.78 is 11.1. The maximum Gasteiger partial charge on any atom is 0.290 e. The number of nitrogen functional groups attached to an aromatic ring is 1. The molecule has 1 amide bonds. The van der Waals surface area contributed by atoms with E-state index in [1.54, 1.807) is 19.1 Å². The molecule has 0 saturated heterocycles. The Hall–Kier alpha value is -2.61. The number of amides is 1. The van der Waals surface area contributed by atoms with E-state index in [-0.39, 0.29) is 11.6 Å². The van der Waals surface area contributed by atoms with Gasteiger partial charge < -0.3 is 20.2 Å². The van der Waals surface area contributed by atoms with Crippen molar-refractivity contribution in [1.29, 1.82) is 0 Å². The molecule has 0 aliphatic heterocycles. The van der Waals surface area contributed by atoms with Crippen LogP contribution < -0.4 is 16.6 Å². The summed E-state index contributed by atoms with van der Waals surface area (Å²) in [5.74, 6) is 0.120. The van der Waals surface area contributed by atoms with Crippen LogP contribution in [0.5, 0.6) is 0 Å². The highest BCUT2D eigenvalue weighted by Gasteiger charge is 2.19. The summed E-state index contributed by atoms with van der Waals surface area (Å²) in [7, 11) is 1.54. The molecule has 2 rings (SSSR count). The largest absolute Gasteiger partial charge is 0.463 e. The molecule has 1 unspecified atom stereocenters. The van der Waals surface area contributed by atoms with Gasteiger partial charge in [0.2, 0.25) is 5.91 Å². The van der Waals surface area contributed by atoms with Gasteiger partial charge in [0, 0.05) is 13.7 Å². The number of carbonyl (C=O) groups is 1. The highest BCUT2D eigenvalue weighted by molar-refractivity contribution is 5.79. The molecule has 0 fully saturated rings. The SMILES string of the molecule is COCCNC(=O)C(C)n1nc(-c2ccco2)cc(N)c1=O. The smallest absolute Gasteiger partial charge is 0.290 e. The first kappa shape index (κ1) is 15.8. The fourth-order valence-electron chi connectivity index (χ4n) is 1.87. The first-order valence-electron chi connectivity index (χ1n) is 6.74. The van der Waals surface area contributed by atoms with E-state index in [1.807, 2.05) is 0 Å².